The summed E-state index contributed by atoms with van der Waals surface area (Å²) in [6, 6.07) is 12.5. The summed E-state index contributed by atoms with van der Waals surface area (Å²) in [5, 5.41) is 2.06. The van der Waals surface area contributed by atoms with E-state index in [1.807, 2.05) is 6.07 Å². The number of halogens is 1. The first kappa shape index (κ1) is 10.1. The van der Waals surface area contributed by atoms with Crippen LogP contribution in [-0.4, -0.2) is 0 Å². The highest BCUT2D eigenvalue weighted by atomic mass is 127. The van der Waals surface area contributed by atoms with Gasteiger partial charge in [-0.05, 0) is 51.7 Å². The van der Waals surface area contributed by atoms with Crippen molar-refractivity contribution in [3.8, 4) is 0 Å². The van der Waals surface area contributed by atoms with E-state index in [1.165, 1.54) is 14.0 Å². The third-order valence-corrected chi connectivity index (χ3v) is 3.75. The molecule has 72 valence electrons. The molecule has 1 nitrogen and oxygen atoms in total. The molecule has 0 saturated carbocycles. The molecule has 0 fully saturated rings. The van der Waals surface area contributed by atoms with Crippen molar-refractivity contribution in [3.63, 3.8) is 0 Å². The van der Waals surface area contributed by atoms with Crippen LogP contribution in [0.25, 0.3) is 0 Å². The summed E-state index contributed by atoms with van der Waals surface area (Å²) in [7, 11) is 0. The predicted molar refractivity (Wildman–Crippen MR) is 69.5 cm³/mol. The minimum atomic E-state index is 0.0204. The standard InChI is InChI=1S/C11H10INS/c12-9-5-3-8(4-6-9)11(13)10-2-1-7-14-10/h1-7,11H,13H2/t11-/m0/s1. The van der Waals surface area contributed by atoms with E-state index >= 15 is 0 Å². The Morgan fingerprint density at radius 1 is 1.14 bits per heavy atom. The molecule has 1 aromatic carbocycles. The Morgan fingerprint density at radius 2 is 1.86 bits per heavy atom. The zero-order chi connectivity index (χ0) is 9.97. The Hall–Kier alpha value is -0.390. The fourth-order valence-corrected chi connectivity index (χ4v) is 2.42. The molecule has 0 aliphatic carbocycles. The van der Waals surface area contributed by atoms with Gasteiger partial charge in [0.15, 0.2) is 0 Å². The quantitative estimate of drug-likeness (QED) is 0.845. The Labute approximate surface area is 101 Å². The first-order chi connectivity index (χ1) is 6.77. The van der Waals surface area contributed by atoms with Gasteiger partial charge in [0.1, 0.15) is 0 Å². The fraction of sp³-hybridized carbons (Fsp3) is 0.0909. The molecule has 0 aliphatic heterocycles. The van der Waals surface area contributed by atoms with Crippen molar-refractivity contribution < 1.29 is 0 Å². The molecule has 14 heavy (non-hydrogen) atoms. The van der Waals surface area contributed by atoms with Crippen molar-refractivity contribution in [2.24, 2.45) is 5.73 Å². The second-order valence-corrected chi connectivity index (χ2v) is 5.27. The predicted octanol–water partition coefficient (Wildman–Crippen LogP) is 3.40. The van der Waals surface area contributed by atoms with Gasteiger partial charge in [-0.2, -0.15) is 0 Å². The number of hydrogen-bond donors (Lipinski definition) is 1. The molecule has 3 heteroatoms. The number of benzene rings is 1. The molecule has 0 unspecified atom stereocenters. The van der Waals surface area contributed by atoms with Crippen LogP contribution in [0, 0.1) is 3.57 Å². The zero-order valence-electron chi connectivity index (χ0n) is 7.48. The van der Waals surface area contributed by atoms with Gasteiger partial charge in [-0.25, -0.2) is 0 Å². The number of rotatable bonds is 2. The molecule has 0 aliphatic rings. The van der Waals surface area contributed by atoms with Gasteiger partial charge >= 0.3 is 0 Å². The minimum absolute atomic E-state index is 0.0204. The van der Waals surface area contributed by atoms with Gasteiger partial charge in [-0.1, -0.05) is 18.2 Å². The lowest BCUT2D eigenvalue weighted by Crippen LogP contribution is -2.09. The molecule has 0 bridgehead atoms. The van der Waals surface area contributed by atoms with Gasteiger partial charge < -0.3 is 5.73 Å². The van der Waals surface area contributed by atoms with E-state index in [0.29, 0.717) is 0 Å². The molecule has 2 aromatic rings. The van der Waals surface area contributed by atoms with E-state index in [0.717, 1.165) is 0 Å². The summed E-state index contributed by atoms with van der Waals surface area (Å²) in [6.45, 7) is 0. The van der Waals surface area contributed by atoms with E-state index in [1.54, 1.807) is 11.3 Å². The van der Waals surface area contributed by atoms with Crippen LogP contribution in [0.3, 0.4) is 0 Å². The van der Waals surface area contributed by atoms with Crippen molar-refractivity contribution in [1.29, 1.82) is 0 Å². The number of hydrogen-bond acceptors (Lipinski definition) is 2. The Morgan fingerprint density at radius 3 is 2.43 bits per heavy atom. The molecule has 0 amide bonds. The highest BCUT2D eigenvalue weighted by molar-refractivity contribution is 14.1. The van der Waals surface area contributed by atoms with Crippen LogP contribution < -0.4 is 5.73 Å². The molecule has 1 aromatic heterocycles. The minimum Gasteiger partial charge on any atom is -0.320 e. The maximum Gasteiger partial charge on any atom is 0.0646 e. The van der Waals surface area contributed by atoms with Crippen LogP contribution in [0.5, 0.6) is 0 Å². The van der Waals surface area contributed by atoms with Gasteiger partial charge in [0.05, 0.1) is 6.04 Å². The lowest BCUT2D eigenvalue weighted by atomic mass is 10.1. The summed E-state index contributed by atoms with van der Waals surface area (Å²) >= 11 is 4.00. The fourth-order valence-electron chi connectivity index (χ4n) is 1.30. The molecule has 0 saturated heterocycles. The summed E-state index contributed by atoms with van der Waals surface area (Å²) in [5.74, 6) is 0. The first-order valence-corrected chi connectivity index (χ1v) is 6.27. The Balaban J connectivity index is 2.28. The maximum absolute atomic E-state index is 6.12. The maximum atomic E-state index is 6.12. The van der Waals surface area contributed by atoms with Gasteiger partial charge in [0.2, 0.25) is 0 Å². The van der Waals surface area contributed by atoms with Gasteiger partial charge in [-0.15, -0.1) is 11.3 Å². The summed E-state index contributed by atoms with van der Waals surface area (Å²) in [6.07, 6.45) is 0. The monoisotopic (exact) mass is 315 g/mol. The second-order valence-electron chi connectivity index (χ2n) is 3.04. The Bertz CT molecular complexity index is 394. The zero-order valence-corrected chi connectivity index (χ0v) is 10.5. The van der Waals surface area contributed by atoms with E-state index in [-0.39, 0.29) is 6.04 Å². The summed E-state index contributed by atoms with van der Waals surface area (Å²) in [5.41, 5.74) is 7.29. The highest BCUT2D eigenvalue weighted by Crippen LogP contribution is 2.23. The largest absolute Gasteiger partial charge is 0.320 e. The molecular formula is C11H10INS. The van der Waals surface area contributed by atoms with Crippen LogP contribution in [0.15, 0.2) is 41.8 Å². The topological polar surface area (TPSA) is 26.0 Å². The third kappa shape index (κ3) is 2.16. The van der Waals surface area contributed by atoms with E-state index in [2.05, 4.69) is 58.3 Å². The van der Waals surface area contributed by atoms with Crippen molar-refractivity contribution >= 4 is 33.9 Å². The third-order valence-electron chi connectivity index (χ3n) is 2.08. The van der Waals surface area contributed by atoms with E-state index in [4.69, 9.17) is 5.73 Å². The molecule has 0 radical (unpaired) electrons. The van der Waals surface area contributed by atoms with Crippen molar-refractivity contribution in [2.45, 2.75) is 6.04 Å². The van der Waals surface area contributed by atoms with Crippen LogP contribution in [0.2, 0.25) is 0 Å². The van der Waals surface area contributed by atoms with Gasteiger partial charge in [0, 0.05) is 8.45 Å². The smallest absolute Gasteiger partial charge is 0.0646 e. The Kier molecular flexibility index (Phi) is 3.20. The normalized spacial score (nSPS) is 12.7. The molecule has 1 atom stereocenters. The second kappa shape index (κ2) is 4.42. The van der Waals surface area contributed by atoms with Crippen LogP contribution >= 0.6 is 33.9 Å². The molecule has 2 rings (SSSR count). The summed E-state index contributed by atoms with van der Waals surface area (Å²) < 4.78 is 1.24. The van der Waals surface area contributed by atoms with Crippen molar-refractivity contribution in [2.75, 3.05) is 0 Å². The van der Waals surface area contributed by atoms with E-state index in [9.17, 15) is 0 Å². The van der Waals surface area contributed by atoms with Gasteiger partial charge in [-0.3, -0.25) is 0 Å². The lowest BCUT2D eigenvalue weighted by Gasteiger charge is -2.09. The average molecular weight is 315 g/mol. The van der Waals surface area contributed by atoms with Crippen molar-refractivity contribution in [3.05, 3.63) is 55.8 Å². The molecule has 0 spiro atoms. The first-order valence-electron chi connectivity index (χ1n) is 4.32. The average Bonchev–Trinajstić information content (AvgIpc) is 2.71. The van der Waals surface area contributed by atoms with Crippen LogP contribution in [0.1, 0.15) is 16.5 Å². The number of thiophene rings is 1. The van der Waals surface area contributed by atoms with Crippen LogP contribution in [0.4, 0.5) is 0 Å². The highest BCUT2D eigenvalue weighted by Gasteiger charge is 2.08. The molecule has 2 N–H and O–H groups in total. The number of nitrogens with two attached hydrogens (primary N) is 1. The molecular weight excluding hydrogens is 305 g/mol. The van der Waals surface area contributed by atoms with Crippen molar-refractivity contribution in [1.82, 2.24) is 0 Å². The van der Waals surface area contributed by atoms with Gasteiger partial charge in [0.25, 0.3) is 0 Å². The lowest BCUT2D eigenvalue weighted by molar-refractivity contribution is 0.893. The van der Waals surface area contributed by atoms with E-state index < -0.39 is 0 Å². The summed E-state index contributed by atoms with van der Waals surface area (Å²) in [4.78, 5) is 1.21. The molecule has 1 heterocycles. The SMILES string of the molecule is N[C@@H](c1ccc(I)cc1)c1cccs1. The van der Waals surface area contributed by atoms with Crippen LogP contribution in [-0.2, 0) is 0 Å².